The Bertz CT molecular complexity index is 534. The van der Waals surface area contributed by atoms with E-state index in [1.54, 1.807) is 0 Å². The van der Waals surface area contributed by atoms with Crippen LogP contribution in [0.3, 0.4) is 0 Å². The van der Waals surface area contributed by atoms with Crippen LogP contribution in [0, 0.1) is 0 Å². The molecule has 2 aromatic rings. The van der Waals surface area contributed by atoms with Gasteiger partial charge in [0.1, 0.15) is 5.47 Å². The van der Waals surface area contributed by atoms with Gasteiger partial charge >= 0.3 is 0 Å². The van der Waals surface area contributed by atoms with Crippen LogP contribution in [-0.4, -0.2) is 4.89 Å². The fraction of sp³-hybridized carbons (Fsp3) is 0. The van der Waals surface area contributed by atoms with Gasteiger partial charge in [-0.15, -0.1) is 12.2 Å². The molecule has 0 fully saturated rings. The molecule has 0 saturated carbocycles. The molecule has 0 spiro atoms. The van der Waals surface area contributed by atoms with E-state index in [0.29, 0.717) is 0 Å². The van der Waals surface area contributed by atoms with Crippen molar-refractivity contribution in [3.05, 3.63) is 54.6 Å². The van der Waals surface area contributed by atoms with Crippen molar-refractivity contribution in [3.8, 4) is 11.1 Å². The smallest absolute Gasteiger partial charge is 0.143 e. The van der Waals surface area contributed by atoms with Gasteiger partial charge in [-0.1, -0.05) is 66.4 Å². The Morgan fingerprint density at radius 2 is 1.50 bits per heavy atom. The second-order valence-corrected chi connectivity index (χ2v) is 9.13. The molecule has 0 aliphatic rings. The summed E-state index contributed by atoms with van der Waals surface area (Å²) in [7, 11) is 0. The third-order valence-corrected chi connectivity index (χ3v) is 4.56. The predicted octanol–water partition coefficient (Wildman–Crippen LogP) is 3.21. The van der Waals surface area contributed by atoms with Gasteiger partial charge in [-0.25, -0.2) is 0 Å². The fourth-order valence-electron chi connectivity index (χ4n) is 1.59. The predicted molar refractivity (Wildman–Crippen MR) is 77.0 cm³/mol. The summed E-state index contributed by atoms with van der Waals surface area (Å²) in [6.07, 6.45) is 0. The Kier molecular flexibility index (Phi) is 3.50. The lowest BCUT2D eigenvalue weighted by molar-refractivity contribution is 0.649. The molecule has 1 unspecified atom stereocenters. The highest BCUT2D eigenvalue weighted by Gasteiger charge is 2.15. The zero-order valence-corrected chi connectivity index (χ0v) is 11.1. The number of thiol groups is 1. The van der Waals surface area contributed by atoms with Gasteiger partial charge in [-0.2, -0.15) is 0 Å². The maximum absolute atomic E-state index is 9.92. The summed E-state index contributed by atoms with van der Waals surface area (Å²) in [6.45, 7) is 0. The van der Waals surface area contributed by atoms with E-state index in [0.717, 1.165) is 16.4 Å². The highest BCUT2D eigenvalue weighted by Crippen LogP contribution is 2.47. The van der Waals surface area contributed by atoms with Crippen LogP contribution in [0.1, 0.15) is 0 Å². The Hall–Kier alpha value is -0.600. The molecule has 4 heteroatoms. The molecular weight excluding hydrogens is 255 g/mol. The van der Waals surface area contributed by atoms with E-state index in [9.17, 15) is 4.89 Å². The van der Waals surface area contributed by atoms with E-state index in [4.69, 9.17) is 11.8 Å². The van der Waals surface area contributed by atoms with Gasteiger partial charge in [0.25, 0.3) is 0 Å². The highest BCUT2D eigenvalue weighted by molar-refractivity contribution is 8.63. The third kappa shape index (κ3) is 2.55. The second-order valence-electron chi connectivity index (χ2n) is 3.43. The zero-order valence-electron chi connectivity index (χ0n) is 8.45. The first kappa shape index (κ1) is 11.9. The number of benzene rings is 2. The second kappa shape index (κ2) is 4.72. The van der Waals surface area contributed by atoms with E-state index in [1.165, 1.54) is 0 Å². The topological polar surface area (TPSA) is 20.2 Å². The third-order valence-electron chi connectivity index (χ3n) is 2.30. The average Bonchev–Trinajstić information content (AvgIpc) is 2.29. The van der Waals surface area contributed by atoms with E-state index < -0.39 is 5.47 Å². The molecule has 1 atom stereocenters. The zero-order chi connectivity index (χ0) is 11.6. The van der Waals surface area contributed by atoms with E-state index >= 15 is 0 Å². The Labute approximate surface area is 105 Å². The summed E-state index contributed by atoms with van der Waals surface area (Å²) in [6, 6.07) is 17.5. The minimum atomic E-state index is -2.69. The first-order valence-corrected chi connectivity index (χ1v) is 8.70. The molecular formula is C12H11OPS2. The van der Waals surface area contributed by atoms with Crippen molar-refractivity contribution in [2.75, 3.05) is 0 Å². The van der Waals surface area contributed by atoms with Gasteiger partial charge in [-0.05, 0) is 11.1 Å². The van der Waals surface area contributed by atoms with Crippen molar-refractivity contribution >= 4 is 34.8 Å². The first-order chi connectivity index (χ1) is 7.59. The molecule has 0 bridgehead atoms. The summed E-state index contributed by atoms with van der Waals surface area (Å²) in [5.41, 5.74) is -0.680. The van der Waals surface area contributed by atoms with Crippen molar-refractivity contribution in [1.82, 2.24) is 0 Å². The summed E-state index contributed by atoms with van der Waals surface area (Å²) >= 11 is 9.22. The van der Waals surface area contributed by atoms with Gasteiger partial charge in [0.05, 0.1) is 0 Å². The first-order valence-electron chi connectivity index (χ1n) is 4.79. The monoisotopic (exact) mass is 266 g/mol. The van der Waals surface area contributed by atoms with Gasteiger partial charge in [0.2, 0.25) is 0 Å². The number of rotatable bonds is 2. The molecule has 82 valence electrons. The summed E-state index contributed by atoms with van der Waals surface area (Å²) < 4.78 is 0. The van der Waals surface area contributed by atoms with E-state index in [1.807, 2.05) is 54.6 Å². The van der Waals surface area contributed by atoms with Crippen molar-refractivity contribution in [2.45, 2.75) is 0 Å². The molecule has 0 amide bonds. The minimum absolute atomic E-state index is 0.750. The molecule has 0 heterocycles. The lowest BCUT2D eigenvalue weighted by Crippen LogP contribution is -2.04. The molecule has 0 aromatic heterocycles. The van der Waals surface area contributed by atoms with E-state index in [-0.39, 0.29) is 0 Å². The molecule has 0 aliphatic carbocycles. The van der Waals surface area contributed by atoms with Crippen LogP contribution in [0.25, 0.3) is 11.1 Å². The lowest BCUT2D eigenvalue weighted by Gasteiger charge is -2.13. The maximum atomic E-state index is 9.92. The van der Waals surface area contributed by atoms with Crippen molar-refractivity contribution < 1.29 is 4.89 Å². The van der Waals surface area contributed by atoms with Crippen LogP contribution in [0.5, 0.6) is 0 Å². The normalized spacial score (nSPS) is 14.4. The molecule has 16 heavy (non-hydrogen) atoms. The fourth-order valence-corrected chi connectivity index (χ4v) is 3.39. The molecule has 1 N–H and O–H groups in total. The van der Waals surface area contributed by atoms with Gasteiger partial charge < -0.3 is 4.89 Å². The van der Waals surface area contributed by atoms with Crippen molar-refractivity contribution in [1.29, 1.82) is 0 Å². The van der Waals surface area contributed by atoms with Crippen LogP contribution in [0.15, 0.2) is 54.6 Å². The Morgan fingerprint density at radius 3 is 2.12 bits per heavy atom. The summed E-state index contributed by atoms with van der Waals surface area (Å²) in [5, 5.41) is 0.750. The van der Waals surface area contributed by atoms with E-state index in [2.05, 4.69) is 12.2 Å². The minimum Gasteiger partial charge on any atom is -0.354 e. The standard InChI is InChI=1S/C12H11OPS2/c13-14(15,16)12-9-5-4-8-11(12)10-6-2-1-3-7-10/h1-9H,(H2,13,15,16). The molecule has 2 aromatic carbocycles. The van der Waals surface area contributed by atoms with Crippen molar-refractivity contribution in [3.63, 3.8) is 0 Å². The highest BCUT2D eigenvalue weighted by atomic mass is 32.9. The molecule has 2 rings (SSSR count). The van der Waals surface area contributed by atoms with Gasteiger partial charge in [0.15, 0.2) is 0 Å². The van der Waals surface area contributed by atoms with Gasteiger partial charge in [0, 0.05) is 5.30 Å². The number of hydrogen-bond donors (Lipinski definition) is 2. The summed E-state index contributed by atoms with van der Waals surface area (Å²) in [5.74, 6) is 0. The van der Waals surface area contributed by atoms with Crippen LogP contribution in [-0.2, 0) is 11.8 Å². The average molecular weight is 266 g/mol. The largest absolute Gasteiger partial charge is 0.354 e. The molecule has 0 aliphatic heterocycles. The Morgan fingerprint density at radius 1 is 0.938 bits per heavy atom. The van der Waals surface area contributed by atoms with Crippen LogP contribution < -0.4 is 5.30 Å². The SMILES string of the molecule is OP(=S)(S)c1ccccc1-c1ccccc1. The quantitative estimate of drug-likeness (QED) is 0.643. The van der Waals surface area contributed by atoms with Gasteiger partial charge in [-0.3, -0.25) is 0 Å². The number of hydrogen-bond acceptors (Lipinski definition) is 1. The Balaban J connectivity index is 2.63. The lowest BCUT2D eigenvalue weighted by atomic mass is 10.1. The summed E-state index contributed by atoms with van der Waals surface area (Å²) in [4.78, 5) is 9.92. The molecule has 1 nitrogen and oxygen atoms in total. The van der Waals surface area contributed by atoms with Crippen LogP contribution >= 0.6 is 17.7 Å². The maximum Gasteiger partial charge on any atom is 0.143 e. The van der Waals surface area contributed by atoms with Crippen LogP contribution in [0.4, 0.5) is 0 Å². The molecule has 0 radical (unpaired) electrons. The molecule has 0 saturated heterocycles. The van der Waals surface area contributed by atoms with Crippen LogP contribution in [0.2, 0.25) is 0 Å². The van der Waals surface area contributed by atoms with Crippen molar-refractivity contribution in [2.24, 2.45) is 0 Å².